The lowest BCUT2D eigenvalue weighted by molar-refractivity contribution is -0.385. The Morgan fingerprint density at radius 1 is 0.903 bits per heavy atom. The number of rotatable bonds is 6. The Balaban J connectivity index is 1.93. The van der Waals surface area contributed by atoms with E-state index in [-0.39, 0.29) is 16.3 Å². The van der Waals surface area contributed by atoms with Gasteiger partial charge >= 0.3 is 5.97 Å². The second-order valence-corrected chi connectivity index (χ2v) is 7.57. The van der Waals surface area contributed by atoms with Crippen LogP contribution >= 0.6 is 34.8 Å². The molecule has 158 valence electrons. The fourth-order valence-corrected chi connectivity index (χ4v) is 3.43. The lowest BCUT2D eigenvalue weighted by Gasteiger charge is -2.18. The smallest absolute Gasteiger partial charge is 0.346 e. The highest BCUT2D eigenvalue weighted by Gasteiger charge is 2.29. The maximum Gasteiger partial charge on any atom is 0.346 e. The van der Waals surface area contributed by atoms with Crippen LogP contribution in [-0.2, 0) is 9.53 Å². The molecule has 0 saturated heterocycles. The van der Waals surface area contributed by atoms with Gasteiger partial charge in [-0.05, 0) is 30.3 Å². The highest BCUT2D eigenvalue weighted by molar-refractivity contribution is 6.35. The number of halogens is 3. The number of esters is 1. The third-order valence-corrected chi connectivity index (χ3v) is 4.74. The Bertz CT molecular complexity index is 1130. The summed E-state index contributed by atoms with van der Waals surface area (Å²) in [6.45, 7) is 0. The van der Waals surface area contributed by atoms with Crippen LogP contribution in [0.2, 0.25) is 15.1 Å². The van der Waals surface area contributed by atoms with Gasteiger partial charge in [0.1, 0.15) is 5.56 Å². The van der Waals surface area contributed by atoms with Gasteiger partial charge < -0.3 is 10.1 Å². The molecule has 31 heavy (non-hydrogen) atoms. The van der Waals surface area contributed by atoms with Gasteiger partial charge in [0.05, 0.1) is 4.92 Å². The first-order chi connectivity index (χ1) is 14.7. The molecule has 0 unspecified atom stereocenters. The van der Waals surface area contributed by atoms with Gasteiger partial charge in [0.25, 0.3) is 11.6 Å². The van der Waals surface area contributed by atoms with E-state index in [1.54, 1.807) is 30.3 Å². The average Bonchev–Trinajstić information content (AvgIpc) is 2.71. The van der Waals surface area contributed by atoms with Crippen LogP contribution in [0.1, 0.15) is 22.0 Å². The lowest BCUT2D eigenvalue weighted by atomic mass is 10.1. The molecule has 3 rings (SSSR count). The van der Waals surface area contributed by atoms with Crippen molar-refractivity contribution in [2.75, 3.05) is 5.32 Å². The predicted molar refractivity (Wildman–Crippen MR) is 118 cm³/mol. The van der Waals surface area contributed by atoms with Crippen LogP contribution in [0.4, 0.5) is 11.4 Å². The van der Waals surface area contributed by atoms with Gasteiger partial charge in [-0.25, -0.2) is 4.79 Å². The second kappa shape index (κ2) is 9.78. The quantitative estimate of drug-likeness (QED) is 0.262. The predicted octanol–water partition coefficient (Wildman–Crippen LogP) is 6.09. The fourth-order valence-electron chi connectivity index (χ4n) is 2.74. The molecule has 0 aromatic heterocycles. The van der Waals surface area contributed by atoms with E-state index >= 15 is 0 Å². The number of nitro benzene ring substituents is 1. The minimum absolute atomic E-state index is 0.104. The van der Waals surface area contributed by atoms with Crippen LogP contribution in [0.5, 0.6) is 0 Å². The van der Waals surface area contributed by atoms with E-state index in [1.165, 1.54) is 24.3 Å². The van der Waals surface area contributed by atoms with Gasteiger partial charge in [0.2, 0.25) is 6.10 Å². The topological polar surface area (TPSA) is 98.5 Å². The van der Waals surface area contributed by atoms with Crippen molar-refractivity contribution in [3.8, 4) is 0 Å². The average molecular weight is 480 g/mol. The summed E-state index contributed by atoms with van der Waals surface area (Å²) in [6, 6.07) is 16.1. The zero-order chi connectivity index (χ0) is 22.5. The Morgan fingerprint density at radius 2 is 1.55 bits per heavy atom. The molecule has 0 fully saturated rings. The first kappa shape index (κ1) is 22.6. The summed E-state index contributed by atoms with van der Waals surface area (Å²) in [5, 5.41) is 14.6. The van der Waals surface area contributed by atoms with Crippen molar-refractivity contribution in [1.29, 1.82) is 0 Å². The van der Waals surface area contributed by atoms with Crippen molar-refractivity contribution in [3.63, 3.8) is 0 Å². The molecular weight excluding hydrogens is 467 g/mol. The summed E-state index contributed by atoms with van der Waals surface area (Å²) < 4.78 is 5.38. The van der Waals surface area contributed by atoms with Crippen molar-refractivity contribution in [3.05, 3.63) is 103 Å². The van der Waals surface area contributed by atoms with E-state index in [1.807, 2.05) is 0 Å². The van der Waals surface area contributed by atoms with E-state index in [0.29, 0.717) is 15.6 Å². The Labute approximate surface area is 191 Å². The molecule has 7 nitrogen and oxygen atoms in total. The molecule has 3 aromatic rings. The van der Waals surface area contributed by atoms with E-state index < -0.39 is 28.6 Å². The third kappa shape index (κ3) is 5.73. The van der Waals surface area contributed by atoms with Crippen molar-refractivity contribution >= 4 is 58.1 Å². The Morgan fingerprint density at radius 3 is 2.16 bits per heavy atom. The highest BCUT2D eigenvalue weighted by Crippen LogP contribution is 2.28. The molecule has 0 saturated carbocycles. The number of amides is 1. The first-order valence-electron chi connectivity index (χ1n) is 8.71. The molecule has 0 bridgehead atoms. The van der Waals surface area contributed by atoms with E-state index in [2.05, 4.69) is 5.32 Å². The second-order valence-electron chi connectivity index (χ2n) is 6.26. The molecule has 0 aliphatic carbocycles. The lowest BCUT2D eigenvalue weighted by Crippen LogP contribution is -2.26. The molecule has 1 amide bonds. The number of benzene rings is 3. The number of nitrogens with one attached hydrogen (secondary N) is 1. The normalized spacial score (nSPS) is 11.5. The van der Waals surface area contributed by atoms with Crippen LogP contribution < -0.4 is 5.32 Å². The number of hydrogen-bond acceptors (Lipinski definition) is 5. The summed E-state index contributed by atoms with van der Waals surface area (Å²) in [7, 11) is 0. The van der Waals surface area contributed by atoms with Crippen LogP contribution in [0.3, 0.4) is 0 Å². The zero-order valence-corrected chi connectivity index (χ0v) is 17.8. The number of ether oxygens (including phenoxy) is 1. The van der Waals surface area contributed by atoms with E-state index in [4.69, 9.17) is 39.5 Å². The monoisotopic (exact) mass is 478 g/mol. The van der Waals surface area contributed by atoms with Gasteiger partial charge in [0.15, 0.2) is 0 Å². The fraction of sp³-hybridized carbons (Fsp3) is 0.0476. The molecule has 0 spiro atoms. The van der Waals surface area contributed by atoms with Gasteiger partial charge in [-0.2, -0.15) is 0 Å². The molecule has 3 aromatic carbocycles. The number of carbonyl (C=O) groups is 2. The maximum atomic E-state index is 13.0. The number of nitrogens with zero attached hydrogens (tertiary/aromatic N) is 1. The summed E-state index contributed by atoms with van der Waals surface area (Å²) in [5.74, 6) is -1.79. The van der Waals surface area contributed by atoms with Crippen molar-refractivity contribution in [2.45, 2.75) is 6.10 Å². The molecular formula is C21H13Cl3N2O5. The standard InChI is InChI=1S/C21H13Cl3N2O5/c22-13-6-7-18(26(29)30)17(11-13)21(28)31-19(12-4-2-1-3-5-12)20(27)25-16-9-14(23)8-15(24)10-16/h1-11,19H,(H,25,27)/t19-/m1/s1. The number of nitro groups is 1. The maximum absolute atomic E-state index is 13.0. The first-order valence-corrected chi connectivity index (χ1v) is 9.85. The largest absolute Gasteiger partial charge is 0.443 e. The van der Waals surface area contributed by atoms with Crippen molar-refractivity contribution in [1.82, 2.24) is 0 Å². The summed E-state index contributed by atoms with van der Waals surface area (Å²) in [4.78, 5) is 36.3. The molecule has 0 radical (unpaired) electrons. The molecule has 0 aliphatic rings. The van der Waals surface area contributed by atoms with Crippen molar-refractivity contribution in [2.24, 2.45) is 0 Å². The highest BCUT2D eigenvalue weighted by atomic mass is 35.5. The SMILES string of the molecule is O=C(O[C@@H](C(=O)Nc1cc(Cl)cc(Cl)c1)c1ccccc1)c1cc(Cl)ccc1[N+](=O)[O-]. The molecule has 1 N–H and O–H groups in total. The van der Waals surface area contributed by atoms with Gasteiger partial charge in [-0.3, -0.25) is 14.9 Å². The molecule has 0 aliphatic heterocycles. The van der Waals surface area contributed by atoms with Crippen LogP contribution in [0.25, 0.3) is 0 Å². The van der Waals surface area contributed by atoms with Crippen molar-refractivity contribution < 1.29 is 19.2 Å². The molecule has 1 atom stereocenters. The van der Waals surface area contributed by atoms with Crippen LogP contribution in [-0.4, -0.2) is 16.8 Å². The van der Waals surface area contributed by atoms with Gasteiger partial charge in [0, 0.05) is 32.4 Å². The minimum Gasteiger partial charge on any atom is -0.443 e. The van der Waals surface area contributed by atoms with Crippen LogP contribution in [0.15, 0.2) is 66.7 Å². The number of anilines is 1. The third-order valence-electron chi connectivity index (χ3n) is 4.07. The number of carbonyl (C=O) groups excluding carboxylic acids is 2. The Hall–Kier alpha value is -3.13. The molecule has 0 heterocycles. The van der Waals surface area contributed by atoms with E-state index in [0.717, 1.165) is 12.1 Å². The van der Waals surface area contributed by atoms with Gasteiger partial charge in [-0.15, -0.1) is 0 Å². The molecule has 10 heteroatoms. The number of hydrogen-bond donors (Lipinski definition) is 1. The summed E-state index contributed by atoms with van der Waals surface area (Å²) >= 11 is 17.8. The van der Waals surface area contributed by atoms with E-state index in [9.17, 15) is 19.7 Å². The summed E-state index contributed by atoms with van der Waals surface area (Å²) in [6.07, 6.45) is -1.41. The van der Waals surface area contributed by atoms with Crippen LogP contribution in [0, 0.1) is 10.1 Å². The summed E-state index contributed by atoms with van der Waals surface area (Å²) in [5.41, 5.74) is -0.236. The minimum atomic E-state index is -1.41. The van der Waals surface area contributed by atoms with Gasteiger partial charge in [-0.1, -0.05) is 65.1 Å². The Kier molecular flexibility index (Phi) is 7.12. The zero-order valence-electron chi connectivity index (χ0n) is 15.6.